The second-order valence-corrected chi connectivity index (χ2v) is 7.36. The van der Waals surface area contributed by atoms with E-state index >= 15 is 0 Å². The highest BCUT2D eigenvalue weighted by Gasteiger charge is 2.24. The fourth-order valence-corrected chi connectivity index (χ4v) is 3.72. The van der Waals surface area contributed by atoms with Gasteiger partial charge in [0.25, 0.3) is 0 Å². The van der Waals surface area contributed by atoms with Gasteiger partial charge in [0, 0.05) is 11.5 Å². The van der Waals surface area contributed by atoms with Crippen LogP contribution in [0.15, 0.2) is 48.5 Å². The van der Waals surface area contributed by atoms with Crippen LogP contribution in [0.25, 0.3) is 0 Å². The van der Waals surface area contributed by atoms with E-state index in [4.69, 9.17) is 0 Å². The molecule has 0 fully saturated rings. The molecule has 0 saturated heterocycles. The first-order valence-electron chi connectivity index (χ1n) is 8.94. The van der Waals surface area contributed by atoms with Crippen molar-refractivity contribution >= 4 is 0 Å². The average molecular weight is 346 g/mol. The van der Waals surface area contributed by atoms with Crippen molar-refractivity contribution in [3.8, 4) is 11.5 Å². The Morgan fingerprint density at radius 2 is 1.38 bits per heavy atom. The zero-order chi connectivity index (χ0) is 19.0. The average Bonchev–Trinajstić information content (AvgIpc) is 2.57. The number of aromatic hydroxyl groups is 2. The second kappa shape index (κ2) is 6.87. The summed E-state index contributed by atoms with van der Waals surface area (Å²) < 4.78 is 0. The van der Waals surface area contributed by atoms with Crippen molar-refractivity contribution in [2.45, 2.75) is 40.5 Å². The van der Waals surface area contributed by atoms with Gasteiger partial charge in [0.05, 0.1) is 0 Å². The molecule has 3 rings (SSSR count). The second-order valence-electron chi connectivity index (χ2n) is 7.36. The Balaban J connectivity index is 2.33. The fraction of sp³-hybridized carbons (Fsp3) is 0.250. The molecule has 1 unspecified atom stereocenters. The van der Waals surface area contributed by atoms with Crippen LogP contribution in [-0.4, -0.2) is 10.2 Å². The largest absolute Gasteiger partial charge is 0.508 e. The SMILES string of the molecule is Cc1cccc(C(c2cc(C)c(O)cc2C)c2cc(C)cc(C)c2O)c1. The zero-order valence-corrected chi connectivity index (χ0v) is 16.1. The molecule has 0 bridgehead atoms. The monoisotopic (exact) mass is 346 g/mol. The van der Waals surface area contributed by atoms with Gasteiger partial charge in [-0.25, -0.2) is 0 Å². The van der Waals surface area contributed by atoms with E-state index in [-0.39, 0.29) is 5.92 Å². The molecule has 0 aliphatic rings. The summed E-state index contributed by atoms with van der Waals surface area (Å²) in [7, 11) is 0. The minimum Gasteiger partial charge on any atom is -0.508 e. The maximum atomic E-state index is 10.8. The highest BCUT2D eigenvalue weighted by atomic mass is 16.3. The summed E-state index contributed by atoms with van der Waals surface area (Å²) in [5.41, 5.74) is 8.19. The van der Waals surface area contributed by atoms with Crippen LogP contribution in [0.4, 0.5) is 0 Å². The van der Waals surface area contributed by atoms with Gasteiger partial charge in [-0.05, 0) is 68.5 Å². The van der Waals surface area contributed by atoms with Crippen molar-refractivity contribution in [2.75, 3.05) is 0 Å². The van der Waals surface area contributed by atoms with Crippen LogP contribution in [0.3, 0.4) is 0 Å². The molecule has 0 aliphatic heterocycles. The van der Waals surface area contributed by atoms with E-state index in [1.807, 2.05) is 39.0 Å². The molecule has 3 aromatic carbocycles. The summed E-state index contributed by atoms with van der Waals surface area (Å²) in [6.45, 7) is 9.99. The molecule has 3 aromatic rings. The van der Waals surface area contributed by atoms with Gasteiger partial charge >= 0.3 is 0 Å². The summed E-state index contributed by atoms with van der Waals surface area (Å²) in [5, 5.41) is 20.9. The van der Waals surface area contributed by atoms with E-state index in [2.05, 4.69) is 44.2 Å². The Bertz CT molecular complexity index is 970. The molecular weight excluding hydrogens is 320 g/mol. The van der Waals surface area contributed by atoms with Crippen LogP contribution in [0.5, 0.6) is 11.5 Å². The van der Waals surface area contributed by atoms with E-state index in [1.165, 1.54) is 5.56 Å². The molecule has 2 N–H and O–H groups in total. The van der Waals surface area contributed by atoms with Crippen LogP contribution in [-0.2, 0) is 0 Å². The first-order valence-corrected chi connectivity index (χ1v) is 8.94. The normalized spacial score (nSPS) is 12.2. The lowest BCUT2D eigenvalue weighted by Crippen LogP contribution is -2.07. The quantitative estimate of drug-likeness (QED) is 0.587. The summed E-state index contributed by atoms with van der Waals surface area (Å²) in [5.74, 6) is 0.555. The predicted octanol–water partition coefficient (Wildman–Crippen LogP) is 5.82. The number of phenolic OH excluding ortho intramolecular Hbond substituents is 2. The van der Waals surface area contributed by atoms with Crippen molar-refractivity contribution in [1.82, 2.24) is 0 Å². The third kappa shape index (κ3) is 3.32. The maximum absolute atomic E-state index is 10.8. The molecule has 0 saturated carbocycles. The predicted molar refractivity (Wildman–Crippen MR) is 107 cm³/mol. The third-order valence-corrected chi connectivity index (χ3v) is 5.06. The zero-order valence-electron chi connectivity index (χ0n) is 16.1. The smallest absolute Gasteiger partial charge is 0.122 e. The molecule has 0 amide bonds. The standard InChI is InChI=1S/C24H26O2/c1-14-7-6-8-19(10-14)23(20-12-17(4)22(25)13-16(20)3)21-11-15(2)9-18(5)24(21)26/h6-13,23,25-26H,1-5H3. The number of benzene rings is 3. The van der Waals surface area contributed by atoms with E-state index in [9.17, 15) is 10.2 Å². The van der Waals surface area contributed by atoms with Crippen molar-refractivity contribution in [2.24, 2.45) is 0 Å². The third-order valence-electron chi connectivity index (χ3n) is 5.06. The topological polar surface area (TPSA) is 40.5 Å². The van der Waals surface area contributed by atoms with Gasteiger partial charge < -0.3 is 10.2 Å². The molecule has 134 valence electrons. The van der Waals surface area contributed by atoms with Crippen LogP contribution in [0.1, 0.15) is 50.4 Å². The van der Waals surface area contributed by atoms with E-state index in [1.54, 1.807) is 0 Å². The fourth-order valence-electron chi connectivity index (χ4n) is 3.72. The van der Waals surface area contributed by atoms with E-state index in [0.717, 1.165) is 38.9 Å². The Morgan fingerprint density at radius 1 is 0.654 bits per heavy atom. The number of hydrogen-bond donors (Lipinski definition) is 2. The molecule has 0 spiro atoms. The number of rotatable bonds is 3. The molecule has 2 heteroatoms. The first kappa shape index (κ1) is 18.1. The molecule has 0 radical (unpaired) electrons. The Hall–Kier alpha value is -2.74. The van der Waals surface area contributed by atoms with E-state index < -0.39 is 0 Å². The highest BCUT2D eigenvalue weighted by Crippen LogP contribution is 2.41. The minimum absolute atomic E-state index is 0.0900. The van der Waals surface area contributed by atoms with Crippen LogP contribution in [0.2, 0.25) is 0 Å². The molecule has 0 heterocycles. The van der Waals surface area contributed by atoms with Gasteiger partial charge in [0.15, 0.2) is 0 Å². The number of hydrogen-bond acceptors (Lipinski definition) is 2. The Morgan fingerprint density at radius 3 is 2.08 bits per heavy atom. The highest BCUT2D eigenvalue weighted by molar-refractivity contribution is 5.56. The van der Waals surface area contributed by atoms with E-state index in [0.29, 0.717) is 11.5 Å². The van der Waals surface area contributed by atoms with Gasteiger partial charge in [0.2, 0.25) is 0 Å². The van der Waals surface area contributed by atoms with Crippen molar-refractivity contribution in [3.63, 3.8) is 0 Å². The van der Waals surface area contributed by atoms with Crippen molar-refractivity contribution in [3.05, 3.63) is 93.0 Å². The molecule has 0 aromatic heterocycles. The number of aryl methyl sites for hydroxylation is 5. The van der Waals surface area contributed by atoms with Gasteiger partial charge in [-0.2, -0.15) is 0 Å². The van der Waals surface area contributed by atoms with Crippen molar-refractivity contribution in [1.29, 1.82) is 0 Å². The lowest BCUT2D eigenvalue weighted by atomic mass is 9.80. The summed E-state index contributed by atoms with van der Waals surface area (Å²) >= 11 is 0. The van der Waals surface area contributed by atoms with Gasteiger partial charge in [0.1, 0.15) is 11.5 Å². The lowest BCUT2D eigenvalue weighted by molar-refractivity contribution is 0.462. The Kier molecular flexibility index (Phi) is 4.78. The van der Waals surface area contributed by atoms with Crippen LogP contribution >= 0.6 is 0 Å². The molecule has 2 nitrogen and oxygen atoms in total. The Labute approximate surface area is 155 Å². The summed E-state index contributed by atoms with van der Waals surface area (Å²) in [6.07, 6.45) is 0. The molecule has 0 aliphatic carbocycles. The van der Waals surface area contributed by atoms with Gasteiger partial charge in [-0.3, -0.25) is 0 Å². The summed E-state index contributed by atoms with van der Waals surface area (Å²) in [4.78, 5) is 0. The molecular formula is C24H26O2. The van der Waals surface area contributed by atoms with Gasteiger partial charge in [-0.15, -0.1) is 0 Å². The molecule has 1 atom stereocenters. The number of phenols is 2. The molecule has 26 heavy (non-hydrogen) atoms. The van der Waals surface area contributed by atoms with Crippen molar-refractivity contribution < 1.29 is 10.2 Å². The van der Waals surface area contributed by atoms with Crippen LogP contribution in [0, 0.1) is 34.6 Å². The first-order chi connectivity index (χ1) is 12.3. The van der Waals surface area contributed by atoms with Gasteiger partial charge in [-0.1, -0.05) is 53.6 Å². The van der Waals surface area contributed by atoms with Crippen LogP contribution < -0.4 is 0 Å². The minimum atomic E-state index is -0.0900. The lowest BCUT2D eigenvalue weighted by Gasteiger charge is -2.24. The maximum Gasteiger partial charge on any atom is 0.122 e. The summed E-state index contributed by atoms with van der Waals surface area (Å²) in [6, 6.07) is 16.3.